The minimum atomic E-state index is -3.72. The van der Waals surface area contributed by atoms with E-state index < -0.39 is 10.0 Å². The zero-order chi connectivity index (χ0) is 13.2. The van der Waals surface area contributed by atoms with Crippen molar-refractivity contribution in [1.82, 2.24) is 15.0 Å². The molecule has 0 unspecified atom stereocenters. The van der Waals surface area contributed by atoms with Crippen LogP contribution in [0.5, 0.6) is 0 Å². The van der Waals surface area contributed by atoms with Gasteiger partial charge in [0.25, 0.3) is 0 Å². The summed E-state index contributed by atoms with van der Waals surface area (Å²) in [5, 5.41) is 2.69. The molecule has 0 atom stereocenters. The van der Waals surface area contributed by atoms with E-state index in [1.807, 2.05) is 0 Å². The number of sulfonamides is 1. The maximum atomic E-state index is 11.8. The molecule has 1 amide bonds. The molecule has 0 spiro atoms. The Balaban J connectivity index is 1.96. The summed E-state index contributed by atoms with van der Waals surface area (Å²) in [6.45, 7) is -0.277. The fourth-order valence-electron chi connectivity index (χ4n) is 1.35. The highest BCUT2D eigenvalue weighted by molar-refractivity contribution is 7.89. The van der Waals surface area contributed by atoms with Gasteiger partial charge in [0, 0.05) is 18.3 Å². The van der Waals surface area contributed by atoms with E-state index in [1.54, 1.807) is 0 Å². The minimum Gasteiger partial charge on any atom is -0.384 e. The van der Waals surface area contributed by atoms with Crippen LogP contribution in [0.4, 0.5) is 5.82 Å². The van der Waals surface area contributed by atoms with Crippen molar-refractivity contribution >= 4 is 21.7 Å². The summed E-state index contributed by atoms with van der Waals surface area (Å²) in [7, 11) is -3.72. The lowest BCUT2D eigenvalue weighted by molar-refractivity contribution is -0.120. The van der Waals surface area contributed by atoms with Gasteiger partial charge >= 0.3 is 0 Å². The number of aromatic nitrogens is 1. The molecule has 1 saturated carbocycles. The fourth-order valence-corrected chi connectivity index (χ4v) is 2.35. The zero-order valence-corrected chi connectivity index (χ0v) is 10.4. The van der Waals surface area contributed by atoms with Crippen molar-refractivity contribution in [1.29, 1.82) is 0 Å². The molecule has 98 valence electrons. The van der Waals surface area contributed by atoms with Crippen LogP contribution in [0.2, 0.25) is 0 Å². The van der Waals surface area contributed by atoms with E-state index in [0.29, 0.717) is 0 Å². The number of nitrogen functional groups attached to an aromatic ring is 1. The molecule has 0 aromatic carbocycles. The van der Waals surface area contributed by atoms with Crippen molar-refractivity contribution in [2.45, 2.75) is 23.8 Å². The zero-order valence-electron chi connectivity index (χ0n) is 9.59. The van der Waals surface area contributed by atoms with Crippen molar-refractivity contribution in [3.05, 3.63) is 18.3 Å². The first-order valence-electron chi connectivity index (χ1n) is 5.48. The Bertz CT molecular complexity index is 554. The summed E-state index contributed by atoms with van der Waals surface area (Å²) in [4.78, 5) is 15.1. The molecular weight excluding hydrogens is 256 g/mol. The first-order chi connectivity index (χ1) is 8.47. The highest BCUT2D eigenvalue weighted by atomic mass is 32.2. The molecule has 1 aliphatic rings. The van der Waals surface area contributed by atoms with E-state index in [4.69, 9.17) is 5.73 Å². The third-order valence-electron chi connectivity index (χ3n) is 2.43. The summed E-state index contributed by atoms with van der Waals surface area (Å²) in [5.74, 6) is -0.219. The van der Waals surface area contributed by atoms with E-state index in [9.17, 15) is 13.2 Å². The van der Waals surface area contributed by atoms with Crippen LogP contribution < -0.4 is 15.8 Å². The van der Waals surface area contributed by atoms with Gasteiger partial charge in [-0.05, 0) is 18.9 Å². The average Bonchev–Trinajstić information content (AvgIpc) is 3.10. The van der Waals surface area contributed by atoms with Gasteiger partial charge in [0.15, 0.2) is 0 Å². The lowest BCUT2D eigenvalue weighted by Gasteiger charge is -2.07. The van der Waals surface area contributed by atoms with E-state index in [-0.39, 0.29) is 29.2 Å². The van der Waals surface area contributed by atoms with Gasteiger partial charge in [-0.2, -0.15) is 0 Å². The van der Waals surface area contributed by atoms with Crippen LogP contribution in [0.1, 0.15) is 12.8 Å². The van der Waals surface area contributed by atoms with Gasteiger partial charge in [-0.25, -0.2) is 18.1 Å². The van der Waals surface area contributed by atoms with Crippen LogP contribution in [0.25, 0.3) is 0 Å². The van der Waals surface area contributed by atoms with E-state index in [0.717, 1.165) is 12.8 Å². The number of pyridine rings is 1. The molecule has 18 heavy (non-hydrogen) atoms. The van der Waals surface area contributed by atoms with Gasteiger partial charge in [0.05, 0.1) is 11.4 Å². The van der Waals surface area contributed by atoms with Crippen molar-refractivity contribution in [2.24, 2.45) is 0 Å². The first kappa shape index (κ1) is 12.8. The Kier molecular flexibility index (Phi) is 3.48. The largest absolute Gasteiger partial charge is 0.384 e. The molecule has 1 aliphatic carbocycles. The summed E-state index contributed by atoms with van der Waals surface area (Å²) >= 11 is 0. The number of amides is 1. The highest BCUT2D eigenvalue weighted by Gasteiger charge is 2.24. The number of anilines is 1. The Hall–Kier alpha value is -1.67. The fraction of sp³-hybridized carbons (Fsp3) is 0.400. The number of hydrogen-bond acceptors (Lipinski definition) is 5. The number of carbonyl (C=O) groups excluding carboxylic acids is 1. The molecule has 7 nitrogen and oxygen atoms in total. The molecule has 0 aliphatic heterocycles. The van der Waals surface area contributed by atoms with Gasteiger partial charge in [0.1, 0.15) is 5.82 Å². The van der Waals surface area contributed by atoms with Gasteiger partial charge in [-0.15, -0.1) is 0 Å². The van der Waals surface area contributed by atoms with E-state index in [2.05, 4.69) is 15.0 Å². The van der Waals surface area contributed by atoms with Crippen molar-refractivity contribution in [2.75, 3.05) is 12.3 Å². The Morgan fingerprint density at radius 3 is 2.83 bits per heavy atom. The van der Waals surface area contributed by atoms with Gasteiger partial charge in [0.2, 0.25) is 15.9 Å². The maximum absolute atomic E-state index is 11.8. The van der Waals surface area contributed by atoms with Crippen LogP contribution in [0.15, 0.2) is 23.2 Å². The quantitative estimate of drug-likeness (QED) is 0.649. The van der Waals surface area contributed by atoms with Crippen molar-refractivity contribution in [3.63, 3.8) is 0 Å². The molecule has 1 heterocycles. The first-order valence-corrected chi connectivity index (χ1v) is 6.96. The summed E-state index contributed by atoms with van der Waals surface area (Å²) in [6, 6.07) is 2.76. The molecule has 1 fully saturated rings. The monoisotopic (exact) mass is 270 g/mol. The third-order valence-corrected chi connectivity index (χ3v) is 3.83. The molecular formula is C10H14N4O3S. The predicted molar refractivity (Wildman–Crippen MR) is 65.0 cm³/mol. The summed E-state index contributed by atoms with van der Waals surface area (Å²) < 4.78 is 25.8. The molecule has 0 saturated heterocycles. The van der Waals surface area contributed by atoms with Gasteiger partial charge in [-0.3, -0.25) is 4.79 Å². The number of carbonyl (C=O) groups is 1. The second kappa shape index (κ2) is 4.91. The molecule has 4 N–H and O–H groups in total. The lowest BCUT2D eigenvalue weighted by atomic mass is 10.5. The van der Waals surface area contributed by atoms with Crippen LogP contribution >= 0.6 is 0 Å². The number of nitrogens with one attached hydrogen (secondary N) is 2. The summed E-state index contributed by atoms with van der Waals surface area (Å²) in [5.41, 5.74) is 5.40. The van der Waals surface area contributed by atoms with Crippen molar-refractivity contribution in [3.8, 4) is 0 Å². The number of rotatable bonds is 5. The van der Waals surface area contributed by atoms with Crippen molar-refractivity contribution < 1.29 is 13.2 Å². The van der Waals surface area contributed by atoms with E-state index >= 15 is 0 Å². The van der Waals surface area contributed by atoms with Gasteiger partial charge in [-0.1, -0.05) is 0 Å². The van der Waals surface area contributed by atoms with Crippen LogP contribution in [0, 0.1) is 0 Å². The molecule has 1 aromatic heterocycles. The second-order valence-corrected chi connectivity index (χ2v) is 5.85. The molecule has 1 aromatic rings. The lowest BCUT2D eigenvalue weighted by Crippen LogP contribution is -2.37. The maximum Gasteiger partial charge on any atom is 0.241 e. The molecule has 2 rings (SSSR count). The molecule has 0 bridgehead atoms. The second-order valence-electron chi connectivity index (χ2n) is 4.08. The molecule has 0 radical (unpaired) electrons. The standard InChI is InChI=1S/C10H14N4O3S/c11-9-5-8(3-4-12-9)18(16,17)13-6-10(15)14-7-1-2-7/h3-5,7,13H,1-2,6H2,(H2,11,12)(H,14,15). The number of nitrogens with zero attached hydrogens (tertiary/aromatic N) is 1. The normalized spacial score (nSPS) is 15.3. The number of hydrogen-bond donors (Lipinski definition) is 3. The Morgan fingerprint density at radius 1 is 1.50 bits per heavy atom. The number of nitrogens with two attached hydrogens (primary N) is 1. The average molecular weight is 270 g/mol. The van der Waals surface area contributed by atoms with Crippen LogP contribution in [-0.2, 0) is 14.8 Å². The molecule has 8 heteroatoms. The Labute approximate surface area is 105 Å². The van der Waals surface area contributed by atoms with Crippen LogP contribution in [-0.4, -0.2) is 31.9 Å². The van der Waals surface area contributed by atoms with Crippen LogP contribution in [0.3, 0.4) is 0 Å². The van der Waals surface area contributed by atoms with E-state index in [1.165, 1.54) is 18.3 Å². The highest BCUT2D eigenvalue weighted by Crippen LogP contribution is 2.18. The SMILES string of the molecule is Nc1cc(S(=O)(=O)NCC(=O)NC2CC2)ccn1. The minimum absolute atomic E-state index is 0.00535. The van der Waals surface area contributed by atoms with Gasteiger partial charge < -0.3 is 11.1 Å². The Morgan fingerprint density at radius 2 is 2.22 bits per heavy atom. The third kappa shape index (κ3) is 3.41. The predicted octanol–water partition coefficient (Wildman–Crippen LogP) is -0.779. The topological polar surface area (TPSA) is 114 Å². The summed E-state index contributed by atoms with van der Waals surface area (Å²) in [6.07, 6.45) is 3.22. The smallest absolute Gasteiger partial charge is 0.241 e.